The maximum Gasteiger partial charge on any atom is 0.283 e. The van der Waals surface area contributed by atoms with Gasteiger partial charge in [-0.1, -0.05) is 18.9 Å². The lowest BCUT2D eigenvalue weighted by Gasteiger charge is -2.08. The molecule has 1 amide bonds. The summed E-state index contributed by atoms with van der Waals surface area (Å²) in [5, 5.41) is 0. The van der Waals surface area contributed by atoms with Crippen molar-refractivity contribution in [3.63, 3.8) is 0 Å². The van der Waals surface area contributed by atoms with Gasteiger partial charge in [0.15, 0.2) is 0 Å². The minimum absolute atomic E-state index is 0.340. The van der Waals surface area contributed by atoms with Crippen LogP contribution in [0.4, 0.5) is 0 Å². The van der Waals surface area contributed by atoms with E-state index in [-0.39, 0.29) is 5.91 Å². The molecule has 1 heterocycles. The number of rotatable bonds is 2. The molecule has 0 atom stereocenters. The van der Waals surface area contributed by atoms with Crippen molar-refractivity contribution in [3.8, 4) is 0 Å². The number of nitrogens with one attached hydrogen (secondary N) is 1. The van der Waals surface area contributed by atoms with E-state index in [1.54, 1.807) is 12.3 Å². The second-order valence-corrected chi connectivity index (χ2v) is 3.93. The molecule has 4 nitrogen and oxygen atoms in total. The maximum atomic E-state index is 11.1. The van der Waals surface area contributed by atoms with Gasteiger partial charge in [-0.05, 0) is 30.4 Å². The number of hydrazine groups is 1. The monoisotopic (exact) mass is 205 g/mol. The van der Waals surface area contributed by atoms with Gasteiger partial charge in [0.1, 0.15) is 5.69 Å². The van der Waals surface area contributed by atoms with Gasteiger partial charge in [-0.15, -0.1) is 0 Å². The van der Waals surface area contributed by atoms with Crippen LogP contribution in [0.1, 0.15) is 47.7 Å². The largest absolute Gasteiger partial charge is 0.289 e. The first-order chi connectivity index (χ1) is 7.31. The first-order valence-electron chi connectivity index (χ1n) is 5.28. The van der Waals surface area contributed by atoms with Crippen LogP contribution in [0.25, 0.3) is 0 Å². The van der Waals surface area contributed by atoms with Gasteiger partial charge >= 0.3 is 0 Å². The normalized spacial score (nSPS) is 16.6. The van der Waals surface area contributed by atoms with E-state index in [9.17, 15) is 4.79 Å². The first-order valence-corrected chi connectivity index (χ1v) is 5.28. The summed E-state index contributed by atoms with van der Waals surface area (Å²) in [6, 6.07) is 3.71. The highest BCUT2D eigenvalue weighted by Gasteiger charge is 2.17. The Balaban J connectivity index is 2.12. The lowest BCUT2D eigenvalue weighted by atomic mass is 9.99. The fourth-order valence-electron chi connectivity index (χ4n) is 2.11. The number of amides is 1. The van der Waals surface area contributed by atoms with Crippen LogP contribution in [0.3, 0.4) is 0 Å². The summed E-state index contributed by atoms with van der Waals surface area (Å²) < 4.78 is 0. The Morgan fingerprint density at radius 1 is 1.40 bits per heavy atom. The maximum absolute atomic E-state index is 11.1. The smallest absolute Gasteiger partial charge is 0.283 e. The van der Waals surface area contributed by atoms with E-state index in [1.807, 2.05) is 6.07 Å². The molecule has 1 saturated carbocycles. The topological polar surface area (TPSA) is 68.0 Å². The van der Waals surface area contributed by atoms with Crippen LogP contribution in [0.15, 0.2) is 18.3 Å². The molecule has 1 aromatic rings. The zero-order chi connectivity index (χ0) is 10.7. The van der Waals surface area contributed by atoms with E-state index >= 15 is 0 Å². The zero-order valence-electron chi connectivity index (χ0n) is 8.57. The molecule has 1 fully saturated rings. The number of carbonyl (C=O) groups excluding carboxylic acids is 1. The van der Waals surface area contributed by atoms with Gasteiger partial charge in [0.2, 0.25) is 0 Å². The van der Waals surface area contributed by atoms with Crippen molar-refractivity contribution in [3.05, 3.63) is 29.6 Å². The minimum atomic E-state index is -0.340. The summed E-state index contributed by atoms with van der Waals surface area (Å²) in [6.45, 7) is 0. The van der Waals surface area contributed by atoms with E-state index in [0.717, 1.165) is 0 Å². The number of pyridine rings is 1. The number of nitrogens with two attached hydrogens (primary N) is 1. The Labute approximate surface area is 88.9 Å². The van der Waals surface area contributed by atoms with Crippen molar-refractivity contribution in [2.75, 3.05) is 0 Å². The summed E-state index contributed by atoms with van der Waals surface area (Å²) in [7, 11) is 0. The molecule has 0 radical (unpaired) electrons. The molecule has 0 aromatic carbocycles. The van der Waals surface area contributed by atoms with E-state index in [4.69, 9.17) is 5.84 Å². The molecular weight excluding hydrogens is 190 g/mol. The lowest BCUT2D eigenvalue weighted by Crippen LogP contribution is -2.30. The van der Waals surface area contributed by atoms with Crippen LogP contribution in [-0.2, 0) is 0 Å². The van der Waals surface area contributed by atoms with Gasteiger partial charge in [0.05, 0.1) is 0 Å². The van der Waals surface area contributed by atoms with Gasteiger partial charge in [-0.3, -0.25) is 15.2 Å². The van der Waals surface area contributed by atoms with Gasteiger partial charge in [0.25, 0.3) is 5.91 Å². The fourth-order valence-corrected chi connectivity index (χ4v) is 2.11. The predicted octanol–water partition coefficient (Wildman–Crippen LogP) is 1.34. The van der Waals surface area contributed by atoms with Crippen LogP contribution in [0.2, 0.25) is 0 Å². The molecule has 1 aliphatic carbocycles. The van der Waals surface area contributed by atoms with E-state index in [1.165, 1.54) is 31.2 Å². The second-order valence-electron chi connectivity index (χ2n) is 3.93. The quantitative estimate of drug-likeness (QED) is 0.435. The average Bonchev–Trinajstić information content (AvgIpc) is 2.82. The number of aromatic nitrogens is 1. The molecule has 3 N–H and O–H groups in total. The molecule has 0 bridgehead atoms. The summed E-state index contributed by atoms with van der Waals surface area (Å²) in [5.41, 5.74) is 3.68. The standard InChI is InChI=1S/C11H15N3O/c12-14-11(15)10-6-5-9(7-13-10)8-3-1-2-4-8/h5-8H,1-4,12H2,(H,14,15). The minimum Gasteiger partial charge on any atom is -0.289 e. The molecule has 0 saturated heterocycles. The SMILES string of the molecule is NNC(=O)c1ccc(C2CCCC2)cn1. The lowest BCUT2D eigenvalue weighted by molar-refractivity contribution is 0.0948. The van der Waals surface area contributed by atoms with Crippen LogP contribution in [0.5, 0.6) is 0 Å². The Hall–Kier alpha value is -1.42. The summed E-state index contributed by atoms with van der Waals surface area (Å²) in [4.78, 5) is 15.2. The Kier molecular flexibility index (Phi) is 2.97. The van der Waals surface area contributed by atoms with Crippen molar-refractivity contribution in [2.24, 2.45) is 5.84 Å². The van der Waals surface area contributed by atoms with Crippen molar-refractivity contribution in [2.45, 2.75) is 31.6 Å². The molecular formula is C11H15N3O. The molecule has 1 aromatic heterocycles. The predicted molar refractivity (Wildman–Crippen MR) is 57.1 cm³/mol. The molecule has 0 spiro atoms. The number of carbonyl (C=O) groups is 1. The zero-order valence-corrected chi connectivity index (χ0v) is 8.57. The average molecular weight is 205 g/mol. The molecule has 1 aliphatic rings. The van der Waals surface area contributed by atoms with Crippen LogP contribution in [0, 0.1) is 0 Å². The highest BCUT2D eigenvalue weighted by molar-refractivity contribution is 5.91. The third-order valence-electron chi connectivity index (χ3n) is 2.98. The third kappa shape index (κ3) is 2.15. The number of hydrogen-bond donors (Lipinski definition) is 2. The number of hydrogen-bond acceptors (Lipinski definition) is 3. The molecule has 0 unspecified atom stereocenters. The second kappa shape index (κ2) is 4.40. The van der Waals surface area contributed by atoms with Crippen molar-refractivity contribution in [1.29, 1.82) is 0 Å². The molecule has 15 heavy (non-hydrogen) atoms. The van der Waals surface area contributed by atoms with Gasteiger partial charge in [-0.25, -0.2) is 5.84 Å². The summed E-state index contributed by atoms with van der Waals surface area (Å²) in [6.07, 6.45) is 6.88. The molecule has 0 aliphatic heterocycles. The van der Waals surface area contributed by atoms with Crippen LogP contribution in [-0.4, -0.2) is 10.9 Å². The molecule has 2 rings (SSSR count). The van der Waals surface area contributed by atoms with Crippen molar-refractivity contribution in [1.82, 2.24) is 10.4 Å². The van der Waals surface area contributed by atoms with Crippen molar-refractivity contribution >= 4 is 5.91 Å². The fraction of sp³-hybridized carbons (Fsp3) is 0.455. The van der Waals surface area contributed by atoms with E-state index < -0.39 is 0 Å². The Morgan fingerprint density at radius 3 is 2.67 bits per heavy atom. The van der Waals surface area contributed by atoms with Crippen LogP contribution < -0.4 is 11.3 Å². The van der Waals surface area contributed by atoms with Crippen molar-refractivity contribution < 1.29 is 4.79 Å². The van der Waals surface area contributed by atoms with E-state index in [0.29, 0.717) is 11.6 Å². The molecule has 80 valence electrons. The van der Waals surface area contributed by atoms with Gasteiger partial charge < -0.3 is 0 Å². The van der Waals surface area contributed by atoms with Gasteiger partial charge in [0, 0.05) is 6.20 Å². The highest BCUT2D eigenvalue weighted by Crippen LogP contribution is 2.33. The van der Waals surface area contributed by atoms with Crippen LogP contribution >= 0.6 is 0 Å². The summed E-state index contributed by atoms with van der Waals surface area (Å²) >= 11 is 0. The number of nitrogens with zero attached hydrogens (tertiary/aromatic N) is 1. The number of nitrogen functional groups attached to an aromatic ring is 1. The van der Waals surface area contributed by atoms with Gasteiger partial charge in [-0.2, -0.15) is 0 Å². The van der Waals surface area contributed by atoms with E-state index in [2.05, 4.69) is 10.4 Å². The third-order valence-corrected chi connectivity index (χ3v) is 2.98. The highest BCUT2D eigenvalue weighted by atomic mass is 16.2. The molecule has 4 heteroatoms. The summed E-state index contributed by atoms with van der Waals surface area (Å²) in [5.74, 6) is 5.32. The Bertz CT molecular complexity index is 341. The first kappa shape index (κ1) is 10.1. The Morgan fingerprint density at radius 2 is 2.13 bits per heavy atom.